The topological polar surface area (TPSA) is 92.9 Å². The molecular formula is C15H20N2O5. The predicted molar refractivity (Wildman–Crippen MR) is 80.9 cm³/mol. The van der Waals surface area contributed by atoms with Crippen LogP contribution in [-0.2, 0) is 9.53 Å². The minimum absolute atomic E-state index is 0.158. The minimum atomic E-state index is -0.606. The van der Waals surface area contributed by atoms with Crippen LogP contribution in [0.15, 0.2) is 18.2 Å². The fraction of sp³-hybridized carbons (Fsp3) is 0.533. The molecule has 7 heteroatoms. The Hall–Kier alpha value is -2.31. The third-order valence-corrected chi connectivity index (χ3v) is 3.90. The molecule has 7 nitrogen and oxygen atoms in total. The number of phenols is 1. The van der Waals surface area contributed by atoms with Gasteiger partial charge in [-0.1, -0.05) is 0 Å². The van der Waals surface area contributed by atoms with Gasteiger partial charge in [0.1, 0.15) is 0 Å². The molecule has 0 aromatic heterocycles. The van der Waals surface area contributed by atoms with Gasteiger partial charge in [0.25, 0.3) is 0 Å². The summed E-state index contributed by atoms with van der Waals surface area (Å²) in [6, 6.07) is 4.38. The van der Waals surface area contributed by atoms with Gasteiger partial charge in [-0.15, -0.1) is 0 Å². The highest BCUT2D eigenvalue weighted by Gasteiger charge is 2.23. The normalized spacial score (nSPS) is 15.6. The maximum absolute atomic E-state index is 11.5. The van der Waals surface area contributed by atoms with Gasteiger partial charge in [0.2, 0.25) is 0 Å². The first-order chi connectivity index (χ1) is 10.5. The predicted octanol–water partition coefficient (Wildman–Crippen LogP) is 2.47. The number of hydrogen-bond donors (Lipinski definition) is 1. The van der Waals surface area contributed by atoms with E-state index in [1.165, 1.54) is 12.1 Å². The van der Waals surface area contributed by atoms with Crippen molar-refractivity contribution in [1.29, 1.82) is 0 Å². The number of nitrogens with zero attached hydrogens (tertiary/aromatic N) is 2. The lowest BCUT2D eigenvalue weighted by Crippen LogP contribution is -2.34. The molecule has 0 atom stereocenters. The second-order valence-corrected chi connectivity index (χ2v) is 5.37. The first-order valence-electron chi connectivity index (χ1n) is 7.39. The van der Waals surface area contributed by atoms with Gasteiger partial charge in [0, 0.05) is 37.3 Å². The number of esters is 1. The number of ether oxygens (including phenoxy) is 1. The SMILES string of the molecule is CCOC(=O)CC1CCN(c2ccc([N+](=O)[O-])c(O)c2)CC1. The van der Waals surface area contributed by atoms with Gasteiger partial charge in [-0.25, -0.2) is 0 Å². The van der Waals surface area contributed by atoms with E-state index in [1.807, 2.05) is 0 Å². The van der Waals surface area contributed by atoms with Crippen LogP contribution in [0.25, 0.3) is 0 Å². The Labute approximate surface area is 128 Å². The van der Waals surface area contributed by atoms with Gasteiger partial charge in [0.05, 0.1) is 11.5 Å². The van der Waals surface area contributed by atoms with E-state index in [2.05, 4.69) is 4.90 Å². The molecule has 0 spiro atoms. The van der Waals surface area contributed by atoms with E-state index in [0.29, 0.717) is 18.9 Å². The molecule has 1 heterocycles. The summed E-state index contributed by atoms with van der Waals surface area (Å²) in [4.78, 5) is 23.6. The summed E-state index contributed by atoms with van der Waals surface area (Å²) in [6.45, 7) is 3.70. The molecule has 1 aliphatic rings. The number of benzene rings is 1. The largest absolute Gasteiger partial charge is 0.502 e. The molecule has 1 N–H and O–H groups in total. The highest BCUT2D eigenvalue weighted by molar-refractivity contribution is 5.69. The third-order valence-electron chi connectivity index (χ3n) is 3.90. The molecule has 0 aliphatic carbocycles. The maximum Gasteiger partial charge on any atom is 0.310 e. The highest BCUT2D eigenvalue weighted by Crippen LogP contribution is 2.32. The summed E-state index contributed by atoms with van der Waals surface area (Å²) in [6.07, 6.45) is 2.15. The first-order valence-corrected chi connectivity index (χ1v) is 7.39. The van der Waals surface area contributed by atoms with Crippen molar-refractivity contribution in [3.63, 3.8) is 0 Å². The van der Waals surface area contributed by atoms with Crippen molar-refractivity contribution in [1.82, 2.24) is 0 Å². The Morgan fingerprint density at radius 3 is 2.68 bits per heavy atom. The molecule has 0 saturated carbocycles. The van der Waals surface area contributed by atoms with Crippen LogP contribution in [0.2, 0.25) is 0 Å². The van der Waals surface area contributed by atoms with Crippen LogP contribution in [0, 0.1) is 16.0 Å². The Morgan fingerprint density at radius 1 is 1.45 bits per heavy atom. The molecule has 22 heavy (non-hydrogen) atoms. The second-order valence-electron chi connectivity index (χ2n) is 5.37. The molecule has 0 unspecified atom stereocenters. The number of phenolic OH excluding ortho intramolecular Hbond substituents is 1. The Morgan fingerprint density at radius 2 is 2.14 bits per heavy atom. The van der Waals surface area contributed by atoms with E-state index in [0.717, 1.165) is 31.6 Å². The molecule has 2 rings (SSSR count). The highest BCUT2D eigenvalue weighted by atomic mass is 16.6. The van der Waals surface area contributed by atoms with E-state index in [4.69, 9.17) is 4.74 Å². The zero-order valence-electron chi connectivity index (χ0n) is 12.5. The van der Waals surface area contributed by atoms with Crippen LogP contribution >= 0.6 is 0 Å². The number of aromatic hydroxyl groups is 1. The molecule has 1 fully saturated rings. The van der Waals surface area contributed by atoms with Crippen molar-refractivity contribution < 1.29 is 19.6 Å². The zero-order valence-corrected chi connectivity index (χ0v) is 12.5. The van der Waals surface area contributed by atoms with E-state index in [-0.39, 0.29) is 17.4 Å². The summed E-state index contributed by atoms with van der Waals surface area (Å²) in [5, 5.41) is 20.4. The number of anilines is 1. The number of hydrogen-bond acceptors (Lipinski definition) is 6. The maximum atomic E-state index is 11.5. The van der Waals surface area contributed by atoms with Gasteiger partial charge >= 0.3 is 11.7 Å². The summed E-state index contributed by atoms with van der Waals surface area (Å²) in [7, 11) is 0. The zero-order chi connectivity index (χ0) is 16.1. The molecule has 1 saturated heterocycles. The number of piperidine rings is 1. The standard InChI is InChI=1S/C15H20N2O5/c1-2-22-15(19)9-11-5-7-16(8-6-11)12-3-4-13(17(20)21)14(18)10-12/h3-4,10-11,18H,2,5-9H2,1H3. The van der Waals surface area contributed by atoms with Crippen LogP contribution in [0.5, 0.6) is 5.75 Å². The lowest BCUT2D eigenvalue weighted by atomic mass is 9.93. The number of carbonyl (C=O) groups is 1. The quantitative estimate of drug-likeness (QED) is 0.510. The van der Waals surface area contributed by atoms with E-state index < -0.39 is 4.92 Å². The molecule has 120 valence electrons. The van der Waals surface area contributed by atoms with Crippen LogP contribution in [-0.4, -0.2) is 35.7 Å². The molecule has 0 amide bonds. The minimum Gasteiger partial charge on any atom is -0.502 e. The number of rotatable bonds is 5. The molecule has 1 aromatic carbocycles. The van der Waals surface area contributed by atoms with Crippen LogP contribution in [0.1, 0.15) is 26.2 Å². The smallest absolute Gasteiger partial charge is 0.310 e. The molecule has 1 aliphatic heterocycles. The first kappa shape index (κ1) is 16.1. The van der Waals surface area contributed by atoms with Crippen molar-refractivity contribution in [2.75, 3.05) is 24.6 Å². The Bertz CT molecular complexity index is 553. The summed E-state index contributed by atoms with van der Waals surface area (Å²) in [5.74, 6) is -0.174. The van der Waals surface area contributed by atoms with Crippen LogP contribution in [0.3, 0.4) is 0 Å². The summed E-state index contributed by atoms with van der Waals surface area (Å²) >= 11 is 0. The Kier molecular flexibility index (Phi) is 5.19. The van der Waals surface area contributed by atoms with Crippen molar-refractivity contribution in [2.45, 2.75) is 26.2 Å². The number of nitro groups is 1. The van der Waals surface area contributed by atoms with Gasteiger partial charge in [-0.3, -0.25) is 14.9 Å². The fourth-order valence-corrected chi connectivity index (χ4v) is 2.71. The van der Waals surface area contributed by atoms with E-state index in [1.54, 1.807) is 13.0 Å². The van der Waals surface area contributed by atoms with E-state index >= 15 is 0 Å². The van der Waals surface area contributed by atoms with Crippen molar-refractivity contribution in [3.05, 3.63) is 28.3 Å². The van der Waals surface area contributed by atoms with Crippen molar-refractivity contribution in [3.8, 4) is 5.75 Å². The summed E-state index contributed by atoms with van der Waals surface area (Å²) in [5.41, 5.74) is 0.471. The molecule has 1 aromatic rings. The number of nitro benzene ring substituents is 1. The van der Waals surface area contributed by atoms with Gasteiger partial charge in [0.15, 0.2) is 5.75 Å². The third kappa shape index (κ3) is 3.87. The van der Waals surface area contributed by atoms with Gasteiger partial charge in [-0.05, 0) is 31.7 Å². The average molecular weight is 308 g/mol. The van der Waals surface area contributed by atoms with Crippen molar-refractivity contribution in [2.24, 2.45) is 5.92 Å². The van der Waals surface area contributed by atoms with Crippen molar-refractivity contribution >= 4 is 17.3 Å². The Balaban J connectivity index is 1.93. The molecule has 0 radical (unpaired) electrons. The van der Waals surface area contributed by atoms with Gasteiger partial charge in [-0.2, -0.15) is 0 Å². The lowest BCUT2D eigenvalue weighted by Gasteiger charge is -2.33. The summed E-state index contributed by atoms with van der Waals surface area (Å²) < 4.78 is 4.96. The second kappa shape index (κ2) is 7.11. The monoisotopic (exact) mass is 308 g/mol. The van der Waals surface area contributed by atoms with Crippen LogP contribution in [0.4, 0.5) is 11.4 Å². The fourth-order valence-electron chi connectivity index (χ4n) is 2.71. The molecule has 0 bridgehead atoms. The average Bonchev–Trinajstić information content (AvgIpc) is 2.47. The molecular weight excluding hydrogens is 288 g/mol. The van der Waals surface area contributed by atoms with E-state index in [9.17, 15) is 20.0 Å². The van der Waals surface area contributed by atoms with Crippen LogP contribution < -0.4 is 4.90 Å². The lowest BCUT2D eigenvalue weighted by molar-refractivity contribution is -0.385. The van der Waals surface area contributed by atoms with Gasteiger partial charge < -0.3 is 14.7 Å². The number of carbonyl (C=O) groups excluding carboxylic acids is 1.